The zero-order valence-electron chi connectivity index (χ0n) is 11.3. The zero-order chi connectivity index (χ0) is 15.5. The summed E-state index contributed by atoms with van der Waals surface area (Å²) in [5.74, 6) is 0.306. The Hall–Kier alpha value is -1.76. The van der Waals surface area contributed by atoms with E-state index in [9.17, 15) is 23.1 Å². The first-order valence-corrected chi connectivity index (χ1v) is 6.77. The number of aliphatic hydroxyl groups is 1. The molecule has 1 aliphatic carbocycles. The molecule has 7 heteroatoms. The molecule has 1 fully saturated rings. The minimum Gasteiger partial charge on any atom is -0.393 e. The summed E-state index contributed by atoms with van der Waals surface area (Å²) in [6.45, 7) is 0.220. The summed E-state index contributed by atoms with van der Waals surface area (Å²) in [4.78, 5) is 11.6. The molecular formula is C14H17F3N2O2. The Kier molecular flexibility index (Phi) is 4.72. The smallest absolute Gasteiger partial charge is 0.393 e. The average Bonchev–Trinajstić information content (AvgIpc) is 3.22. The number of carbonyl (C=O) groups is 1. The summed E-state index contributed by atoms with van der Waals surface area (Å²) in [6.07, 6.45) is -2.59. The van der Waals surface area contributed by atoms with E-state index in [0.29, 0.717) is 12.3 Å². The summed E-state index contributed by atoms with van der Waals surface area (Å²) in [5, 5.41) is 14.3. The maximum absolute atomic E-state index is 12.7. The molecule has 1 aromatic rings. The topological polar surface area (TPSA) is 61.4 Å². The lowest BCUT2D eigenvalue weighted by Crippen LogP contribution is -2.32. The molecule has 2 rings (SSSR count). The number of carbonyl (C=O) groups excluding carboxylic acids is 1. The third-order valence-electron chi connectivity index (χ3n) is 3.37. The number of para-hydroxylation sites is 1. The number of hydrogen-bond donors (Lipinski definition) is 3. The van der Waals surface area contributed by atoms with E-state index in [4.69, 9.17) is 0 Å². The molecule has 1 aromatic carbocycles. The number of rotatable bonds is 5. The Morgan fingerprint density at radius 1 is 1.33 bits per heavy atom. The van der Waals surface area contributed by atoms with Crippen molar-refractivity contribution in [2.24, 2.45) is 5.92 Å². The molecule has 0 aliphatic heterocycles. The van der Waals surface area contributed by atoms with Gasteiger partial charge in [0, 0.05) is 6.54 Å². The predicted octanol–water partition coefficient (Wildman–Crippen LogP) is 2.99. The number of halogens is 3. The van der Waals surface area contributed by atoms with Gasteiger partial charge in [-0.05, 0) is 37.3 Å². The molecule has 4 nitrogen and oxygen atoms in total. The summed E-state index contributed by atoms with van der Waals surface area (Å²) >= 11 is 0. The highest BCUT2D eigenvalue weighted by Crippen LogP contribution is 2.35. The van der Waals surface area contributed by atoms with Crippen molar-refractivity contribution in [2.45, 2.75) is 31.5 Å². The van der Waals surface area contributed by atoms with Gasteiger partial charge in [0.2, 0.25) is 0 Å². The van der Waals surface area contributed by atoms with Crippen molar-refractivity contribution in [1.29, 1.82) is 0 Å². The number of amides is 2. The van der Waals surface area contributed by atoms with E-state index in [0.717, 1.165) is 18.9 Å². The van der Waals surface area contributed by atoms with Crippen LogP contribution in [0.4, 0.5) is 23.7 Å². The molecule has 0 aromatic heterocycles. The molecule has 0 saturated heterocycles. The second kappa shape index (κ2) is 6.34. The molecule has 0 radical (unpaired) electrons. The highest BCUT2D eigenvalue weighted by Gasteiger charge is 2.33. The van der Waals surface area contributed by atoms with Gasteiger partial charge in [0.25, 0.3) is 0 Å². The van der Waals surface area contributed by atoms with Crippen LogP contribution in [-0.4, -0.2) is 23.8 Å². The van der Waals surface area contributed by atoms with Gasteiger partial charge in [0.1, 0.15) is 0 Å². The molecule has 21 heavy (non-hydrogen) atoms. The van der Waals surface area contributed by atoms with E-state index in [2.05, 4.69) is 10.6 Å². The number of benzene rings is 1. The SMILES string of the molecule is O=C(NCCC(O)C1CC1)Nc1ccccc1C(F)(F)F. The first-order valence-electron chi connectivity index (χ1n) is 6.77. The third kappa shape index (κ3) is 4.63. The standard InChI is InChI=1S/C14H17F3N2O2/c15-14(16,17)10-3-1-2-4-11(10)19-13(21)18-8-7-12(20)9-5-6-9/h1-4,9,12,20H,5-8H2,(H2,18,19,21). The van der Waals surface area contributed by atoms with Crippen molar-refractivity contribution >= 4 is 11.7 Å². The number of alkyl halides is 3. The lowest BCUT2D eigenvalue weighted by Gasteiger charge is -2.14. The van der Waals surface area contributed by atoms with Crippen molar-refractivity contribution in [3.05, 3.63) is 29.8 Å². The van der Waals surface area contributed by atoms with Gasteiger partial charge in [-0.2, -0.15) is 13.2 Å². The molecule has 1 aliphatic rings. The maximum Gasteiger partial charge on any atom is 0.418 e. The number of anilines is 1. The molecule has 1 saturated carbocycles. The summed E-state index contributed by atoms with van der Waals surface area (Å²) in [7, 11) is 0. The van der Waals surface area contributed by atoms with Gasteiger partial charge in [-0.15, -0.1) is 0 Å². The lowest BCUT2D eigenvalue weighted by atomic mass is 10.1. The van der Waals surface area contributed by atoms with Crippen LogP contribution in [0.5, 0.6) is 0 Å². The minimum absolute atomic E-state index is 0.220. The second-order valence-corrected chi connectivity index (χ2v) is 5.12. The van der Waals surface area contributed by atoms with Gasteiger partial charge >= 0.3 is 12.2 Å². The van der Waals surface area contributed by atoms with Gasteiger partial charge in [-0.3, -0.25) is 0 Å². The van der Waals surface area contributed by atoms with Gasteiger partial charge in [-0.25, -0.2) is 4.79 Å². The van der Waals surface area contributed by atoms with Crippen molar-refractivity contribution < 1.29 is 23.1 Å². The maximum atomic E-state index is 12.7. The first kappa shape index (κ1) is 15.6. The molecule has 116 valence electrons. The van der Waals surface area contributed by atoms with E-state index in [1.54, 1.807) is 0 Å². The fourth-order valence-electron chi connectivity index (χ4n) is 2.06. The van der Waals surface area contributed by atoms with Crippen LogP contribution >= 0.6 is 0 Å². The van der Waals surface area contributed by atoms with Crippen LogP contribution in [0, 0.1) is 5.92 Å². The fourth-order valence-corrected chi connectivity index (χ4v) is 2.06. The van der Waals surface area contributed by atoms with Crippen LogP contribution in [0.3, 0.4) is 0 Å². The van der Waals surface area contributed by atoms with Crippen molar-refractivity contribution in [3.63, 3.8) is 0 Å². The Morgan fingerprint density at radius 3 is 2.62 bits per heavy atom. The van der Waals surface area contributed by atoms with Gasteiger partial charge in [0.05, 0.1) is 17.4 Å². The summed E-state index contributed by atoms with van der Waals surface area (Å²) in [6, 6.07) is 4.07. The molecule has 3 N–H and O–H groups in total. The normalized spacial score (nSPS) is 16.4. The van der Waals surface area contributed by atoms with Crippen molar-refractivity contribution in [2.75, 3.05) is 11.9 Å². The van der Waals surface area contributed by atoms with Gasteiger partial charge in [-0.1, -0.05) is 12.1 Å². The van der Waals surface area contributed by atoms with Crippen LogP contribution in [0.1, 0.15) is 24.8 Å². The van der Waals surface area contributed by atoms with E-state index in [1.165, 1.54) is 18.2 Å². The minimum atomic E-state index is -4.52. The average molecular weight is 302 g/mol. The Labute approximate surface area is 120 Å². The second-order valence-electron chi connectivity index (χ2n) is 5.12. The van der Waals surface area contributed by atoms with E-state index in [-0.39, 0.29) is 12.2 Å². The molecule has 1 unspecified atom stereocenters. The lowest BCUT2D eigenvalue weighted by molar-refractivity contribution is -0.136. The van der Waals surface area contributed by atoms with E-state index in [1.807, 2.05) is 0 Å². The fraction of sp³-hybridized carbons (Fsp3) is 0.500. The number of urea groups is 1. The molecule has 0 spiro atoms. The van der Waals surface area contributed by atoms with E-state index < -0.39 is 23.9 Å². The largest absolute Gasteiger partial charge is 0.418 e. The molecule has 1 atom stereocenters. The van der Waals surface area contributed by atoms with Crippen molar-refractivity contribution in [3.8, 4) is 0 Å². The first-order chi connectivity index (χ1) is 9.88. The molecule has 0 heterocycles. The summed E-state index contributed by atoms with van der Waals surface area (Å²) < 4.78 is 38.2. The predicted molar refractivity (Wildman–Crippen MR) is 71.8 cm³/mol. The highest BCUT2D eigenvalue weighted by atomic mass is 19.4. The Balaban J connectivity index is 1.84. The third-order valence-corrected chi connectivity index (χ3v) is 3.37. The number of aliphatic hydroxyl groups excluding tert-OH is 1. The van der Waals surface area contributed by atoms with Crippen LogP contribution in [0.15, 0.2) is 24.3 Å². The highest BCUT2D eigenvalue weighted by molar-refractivity contribution is 5.90. The van der Waals surface area contributed by atoms with Gasteiger partial charge < -0.3 is 15.7 Å². The number of hydrogen-bond acceptors (Lipinski definition) is 2. The zero-order valence-corrected chi connectivity index (χ0v) is 11.3. The summed E-state index contributed by atoms with van der Waals surface area (Å²) in [5.41, 5.74) is -1.18. The van der Waals surface area contributed by atoms with E-state index >= 15 is 0 Å². The van der Waals surface area contributed by atoms with Crippen LogP contribution in [0.25, 0.3) is 0 Å². The van der Waals surface area contributed by atoms with Crippen LogP contribution in [-0.2, 0) is 6.18 Å². The molecular weight excluding hydrogens is 285 g/mol. The molecule has 0 bridgehead atoms. The van der Waals surface area contributed by atoms with Gasteiger partial charge in [0.15, 0.2) is 0 Å². The van der Waals surface area contributed by atoms with Crippen LogP contribution < -0.4 is 10.6 Å². The number of nitrogens with one attached hydrogen (secondary N) is 2. The van der Waals surface area contributed by atoms with Crippen LogP contribution in [0.2, 0.25) is 0 Å². The quantitative estimate of drug-likeness (QED) is 0.783. The Bertz CT molecular complexity index is 501. The van der Waals surface area contributed by atoms with Crippen molar-refractivity contribution in [1.82, 2.24) is 5.32 Å². The monoisotopic (exact) mass is 302 g/mol. The molecule has 2 amide bonds. The Morgan fingerprint density at radius 2 is 2.00 bits per heavy atom.